The van der Waals surface area contributed by atoms with E-state index in [1.54, 1.807) is 0 Å². The number of ether oxygens (including phenoxy) is 1. The van der Waals surface area contributed by atoms with Crippen LogP contribution in [0.3, 0.4) is 0 Å². The summed E-state index contributed by atoms with van der Waals surface area (Å²) in [5.74, 6) is 1.27. The SMILES string of the molecule is c1nc(OCC2CCCNC2)c2cc[nH]c2n1. The molecule has 5 heteroatoms. The molecule has 0 amide bonds. The summed E-state index contributed by atoms with van der Waals surface area (Å²) in [6.07, 6.45) is 5.85. The summed E-state index contributed by atoms with van der Waals surface area (Å²) in [5.41, 5.74) is 0.830. The van der Waals surface area contributed by atoms with Crippen LogP contribution in [0.15, 0.2) is 18.6 Å². The average Bonchev–Trinajstić information content (AvgIpc) is 2.86. The van der Waals surface area contributed by atoms with Crippen molar-refractivity contribution in [3.05, 3.63) is 18.6 Å². The van der Waals surface area contributed by atoms with Crippen LogP contribution in [0.2, 0.25) is 0 Å². The van der Waals surface area contributed by atoms with Crippen molar-refractivity contribution in [2.24, 2.45) is 5.92 Å². The maximum Gasteiger partial charge on any atom is 0.226 e. The summed E-state index contributed by atoms with van der Waals surface area (Å²) in [6.45, 7) is 2.90. The predicted molar refractivity (Wildman–Crippen MR) is 65.0 cm³/mol. The van der Waals surface area contributed by atoms with Gasteiger partial charge in [-0.3, -0.25) is 0 Å². The highest BCUT2D eigenvalue weighted by atomic mass is 16.5. The first-order valence-corrected chi connectivity index (χ1v) is 6.05. The Balaban J connectivity index is 1.69. The minimum atomic E-state index is 0.590. The molecule has 0 aromatic carbocycles. The number of fused-ring (bicyclic) bond motifs is 1. The summed E-state index contributed by atoms with van der Waals surface area (Å²) < 4.78 is 5.81. The van der Waals surface area contributed by atoms with Crippen molar-refractivity contribution in [2.75, 3.05) is 19.7 Å². The monoisotopic (exact) mass is 232 g/mol. The highest BCUT2D eigenvalue weighted by Crippen LogP contribution is 2.21. The molecule has 0 aliphatic carbocycles. The maximum atomic E-state index is 5.81. The van der Waals surface area contributed by atoms with E-state index >= 15 is 0 Å². The summed E-state index contributed by atoms with van der Waals surface area (Å²) in [5, 5.41) is 4.34. The van der Waals surface area contributed by atoms with Crippen molar-refractivity contribution in [3.63, 3.8) is 0 Å². The van der Waals surface area contributed by atoms with Gasteiger partial charge in [0.05, 0.1) is 12.0 Å². The van der Waals surface area contributed by atoms with Crippen LogP contribution in [0.25, 0.3) is 11.0 Å². The molecule has 2 N–H and O–H groups in total. The summed E-state index contributed by atoms with van der Waals surface area (Å²) in [7, 11) is 0. The van der Waals surface area contributed by atoms with Gasteiger partial charge in [-0.2, -0.15) is 0 Å². The van der Waals surface area contributed by atoms with E-state index in [1.165, 1.54) is 19.2 Å². The fourth-order valence-electron chi connectivity index (χ4n) is 2.23. The number of rotatable bonds is 3. The second kappa shape index (κ2) is 4.71. The van der Waals surface area contributed by atoms with Gasteiger partial charge in [-0.25, -0.2) is 9.97 Å². The molecule has 2 aromatic heterocycles. The zero-order valence-electron chi connectivity index (χ0n) is 9.65. The minimum absolute atomic E-state index is 0.590. The van der Waals surface area contributed by atoms with Crippen molar-refractivity contribution in [1.29, 1.82) is 0 Å². The van der Waals surface area contributed by atoms with Crippen LogP contribution in [0.4, 0.5) is 0 Å². The number of aromatic nitrogens is 3. The Labute approximate surface area is 99.6 Å². The van der Waals surface area contributed by atoms with Gasteiger partial charge in [0.25, 0.3) is 0 Å². The van der Waals surface area contributed by atoms with Gasteiger partial charge < -0.3 is 15.0 Å². The van der Waals surface area contributed by atoms with Crippen molar-refractivity contribution in [1.82, 2.24) is 20.3 Å². The van der Waals surface area contributed by atoms with Crippen molar-refractivity contribution >= 4 is 11.0 Å². The topological polar surface area (TPSA) is 62.8 Å². The van der Waals surface area contributed by atoms with Crippen LogP contribution < -0.4 is 10.1 Å². The molecule has 90 valence electrons. The van der Waals surface area contributed by atoms with Gasteiger partial charge in [-0.1, -0.05) is 0 Å². The van der Waals surface area contributed by atoms with E-state index in [4.69, 9.17) is 4.74 Å². The van der Waals surface area contributed by atoms with Gasteiger partial charge in [0.15, 0.2) is 0 Å². The fourth-order valence-corrected chi connectivity index (χ4v) is 2.23. The molecule has 0 bridgehead atoms. The lowest BCUT2D eigenvalue weighted by atomic mass is 10.0. The van der Waals surface area contributed by atoms with Gasteiger partial charge >= 0.3 is 0 Å². The van der Waals surface area contributed by atoms with E-state index < -0.39 is 0 Å². The molecule has 0 radical (unpaired) electrons. The molecule has 0 spiro atoms. The first-order valence-electron chi connectivity index (χ1n) is 6.05. The molecule has 0 saturated carbocycles. The molecule has 1 unspecified atom stereocenters. The van der Waals surface area contributed by atoms with Crippen LogP contribution in [0, 0.1) is 5.92 Å². The first-order chi connectivity index (χ1) is 8.43. The normalized spacial score (nSPS) is 20.6. The molecule has 1 aliphatic heterocycles. The number of nitrogens with zero attached hydrogens (tertiary/aromatic N) is 2. The first kappa shape index (κ1) is 10.5. The summed E-state index contributed by atoms with van der Waals surface area (Å²) in [4.78, 5) is 11.4. The molecule has 1 aliphatic rings. The van der Waals surface area contributed by atoms with E-state index in [1.807, 2.05) is 12.3 Å². The number of aromatic amines is 1. The van der Waals surface area contributed by atoms with Gasteiger partial charge in [0.1, 0.15) is 12.0 Å². The van der Waals surface area contributed by atoms with E-state index in [-0.39, 0.29) is 0 Å². The van der Waals surface area contributed by atoms with E-state index in [0.29, 0.717) is 11.8 Å². The Hall–Kier alpha value is -1.62. The molecule has 1 saturated heterocycles. The summed E-state index contributed by atoms with van der Waals surface area (Å²) in [6, 6.07) is 1.95. The molecule has 17 heavy (non-hydrogen) atoms. The van der Waals surface area contributed by atoms with Crippen LogP contribution >= 0.6 is 0 Å². The third kappa shape index (κ3) is 2.24. The summed E-state index contributed by atoms with van der Waals surface area (Å²) >= 11 is 0. The van der Waals surface area contributed by atoms with E-state index in [9.17, 15) is 0 Å². The average molecular weight is 232 g/mol. The van der Waals surface area contributed by atoms with Crippen molar-refractivity contribution in [2.45, 2.75) is 12.8 Å². The van der Waals surface area contributed by atoms with Crippen molar-refractivity contribution < 1.29 is 4.74 Å². The second-order valence-electron chi connectivity index (χ2n) is 4.44. The quantitative estimate of drug-likeness (QED) is 0.838. The van der Waals surface area contributed by atoms with Gasteiger partial charge in [-0.15, -0.1) is 0 Å². The van der Waals surface area contributed by atoms with E-state index in [2.05, 4.69) is 20.3 Å². The van der Waals surface area contributed by atoms with Crippen LogP contribution in [-0.2, 0) is 0 Å². The lowest BCUT2D eigenvalue weighted by Gasteiger charge is -2.22. The molecule has 3 rings (SSSR count). The van der Waals surface area contributed by atoms with Gasteiger partial charge in [-0.05, 0) is 25.5 Å². The molecule has 1 atom stereocenters. The fraction of sp³-hybridized carbons (Fsp3) is 0.500. The zero-order chi connectivity index (χ0) is 11.5. The third-order valence-electron chi connectivity index (χ3n) is 3.17. The molecular weight excluding hydrogens is 216 g/mol. The molecule has 3 heterocycles. The second-order valence-corrected chi connectivity index (χ2v) is 4.44. The van der Waals surface area contributed by atoms with Crippen LogP contribution in [0.1, 0.15) is 12.8 Å². The Morgan fingerprint density at radius 3 is 3.29 bits per heavy atom. The smallest absolute Gasteiger partial charge is 0.226 e. The highest BCUT2D eigenvalue weighted by Gasteiger charge is 2.14. The van der Waals surface area contributed by atoms with Gasteiger partial charge in [0.2, 0.25) is 5.88 Å². The zero-order valence-corrected chi connectivity index (χ0v) is 9.65. The Bertz CT molecular complexity index is 490. The Morgan fingerprint density at radius 2 is 2.41 bits per heavy atom. The molecule has 2 aromatic rings. The maximum absolute atomic E-state index is 5.81. The standard InChI is InChI=1S/C12H16N4O/c1-2-9(6-13-4-1)7-17-12-10-3-5-14-11(10)15-8-16-12/h3,5,8-9,13H,1-2,4,6-7H2,(H,14,15,16). The largest absolute Gasteiger partial charge is 0.477 e. The molecule has 5 nitrogen and oxygen atoms in total. The lowest BCUT2D eigenvalue weighted by molar-refractivity contribution is 0.214. The van der Waals surface area contributed by atoms with E-state index in [0.717, 1.165) is 30.7 Å². The number of hydrogen-bond donors (Lipinski definition) is 2. The van der Waals surface area contributed by atoms with Crippen LogP contribution in [-0.4, -0.2) is 34.6 Å². The highest BCUT2D eigenvalue weighted by molar-refractivity contribution is 5.80. The Morgan fingerprint density at radius 1 is 1.41 bits per heavy atom. The third-order valence-corrected chi connectivity index (χ3v) is 3.17. The van der Waals surface area contributed by atoms with Gasteiger partial charge in [0, 0.05) is 18.7 Å². The molecule has 1 fully saturated rings. The van der Waals surface area contributed by atoms with Crippen LogP contribution in [0.5, 0.6) is 5.88 Å². The number of H-pyrrole nitrogens is 1. The number of hydrogen-bond acceptors (Lipinski definition) is 4. The predicted octanol–water partition coefficient (Wildman–Crippen LogP) is 1.34. The Kier molecular flexibility index (Phi) is 2.92. The number of piperidine rings is 1. The molecular formula is C12H16N4O. The lowest BCUT2D eigenvalue weighted by Crippen LogP contribution is -2.33. The van der Waals surface area contributed by atoms with Crippen molar-refractivity contribution in [3.8, 4) is 5.88 Å². The number of nitrogens with one attached hydrogen (secondary N) is 2. The minimum Gasteiger partial charge on any atom is -0.477 e.